The molecule has 1 heterocycles. The SMILES string of the molecule is COc1ccc(Cl)cc1N1CCN(S(=O)(=O)c2ccc(F)cc2C)CC1. The van der Waals surface area contributed by atoms with Gasteiger partial charge < -0.3 is 9.64 Å². The summed E-state index contributed by atoms with van der Waals surface area (Å²) in [7, 11) is -2.07. The molecule has 0 N–H and O–H groups in total. The predicted molar refractivity (Wildman–Crippen MR) is 100 cm³/mol. The largest absolute Gasteiger partial charge is 0.495 e. The zero-order valence-electron chi connectivity index (χ0n) is 14.6. The number of rotatable bonds is 4. The van der Waals surface area contributed by atoms with E-state index in [1.165, 1.54) is 22.5 Å². The van der Waals surface area contributed by atoms with Crippen LogP contribution >= 0.6 is 11.6 Å². The van der Waals surface area contributed by atoms with Crippen LogP contribution in [0.5, 0.6) is 5.75 Å². The van der Waals surface area contributed by atoms with Gasteiger partial charge in [-0.3, -0.25) is 0 Å². The number of methoxy groups -OCH3 is 1. The van der Waals surface area contributed by atoms with E-state index in [9.17, 15) is 12.8 Å². The summed E-state index contributed by atoms with van der Waals surface area (Å²) in [5.74, 6) is 0.249. The van der Waals surface area contributed by atoms with Crippen LogP contribution in [0, 0.1) is 12.7 Å². The van der Waals surface area contributed by atoms with Crippen LogP contribution in [0.25, 0.3) is 0 Å². The van der Waals surface area contributed by atoms with Crippen LogP contribution in [0.2, 0.25) is 5.02 Å². The van der Waals surface area contributed by atoms with Crippen molar-refractivity contribution in [3.8, 4) is 5.75 Å². The maximum atomic E-state index is 13.3. The van der Waals surface area contributed by atoms with Crippen molar-refractivity contribution in [1.82, 2.24) is 4.31 Å². The minimum absolute atomic E-state index is 0.146. The molecule has 1 aliphatic heterocycles. The molecule has 3 rings (SSSR count). The Balaban J connectivity index is 1.79. The lowest BCUT2D eigenvalue weighted by Crippen LogP contribution is -2.48. The number of anilines is 1. The summed E-state index contributed by atoms with van der Waals surface area (Å²) in [5.41, 5.74) is 1.25. The highest BCUT2D eigenvalue weighted by Gasteiger charge is 2.30. The van der Waals surface area contributed by atoms with E-state index < -0.39 is 15.8 Å². The lowest BCUT2D eigenvalue weighted by molar-refractivity contribution is 0.378. The fourth-order valence-electron chi connectivity index (χ4n) is 3.12. The van der Waals surface area contributed by atoms with Crippen molar-refractivity contribution in [2.45, 2.75) is 11.8 Å². The van der Waals surface area contributed by atoms with Gasteiger partial charge in [0.15, 0.2) is 0 Å². The number of nitrogens with zero attached hydrogens (tertiary/aromatic N) is 2. The lowest BCUT2D eigenvalue weighted by atomic mass is 10.2. The quantitative estimate of drug-likeness (QED) is 0.792. The molecule has 5 nitrogen and oxygen atoms in total. The first kappa shape index (κ1) is 18.9. The first-order chi connectivity index (χ1) is 12.3. The molecule has 8 heteroatoms. The molecule has 1 fully saturated rings. The first-order valence-corrected chi connectivity index (χ1v) is 9.99. The fourth-order valence-corrected chi connectivity index (χ4v) is 4.92. The van der Waals surface area contributed by atoms with Crippen LogP contribution in [-0.2, 0) is 10.0 Å². The second kappa shape index (κ2) is 7.42. The van der Waals surface area contributed by atoms with Crippen molar-refractivity contribution in [3.05, 3.63) is 52.8 Å². The summed E-state index contributed by atoms with van der Waals surface area (Å²) in [5, 5.41) is 0.595. The second-order valence-electron chi connectivity index (χ2n) is 6.12. The second-order valence-corrected chi connectivity index (χ2v) is 8.46. The Bertz CT molecular complexity index is 913. The van der Waals surface area contributed by atoms with Crippen LogP contribution in [0.4, 0.5) is 10.1 Å². The number of hydrogen-bond donors (Lipinski definition) is 0. The van der Waals surface area contributed by atoms with Gasteiger partial charge in [0.2, 0.25) is 10.0 Å². The Morgan fingerprint density at radius 1 is 1.08 bits per heavy atom. The van der Waals surface area contributed by atoms with Gasteiger partial charge >= 0.3 is 0 Å². The molecule has 0 aliphatic carbocycles. The molecule has 140 valence electrons. The summed E-state index contributed by atoms with van der Waals surface area (Å²) in [6.45, 7) is 3.28. The molecule has 26 heavy (non-hydrogen) atoms. The van der Waals surface area contributed by atoms with E-state index in [0.29, 0.717) is 42.5 Å². The Kier molecular flexibility index (Phi) is 5.41. The van der Waals surface area contributed by atoms with Crippen LogP contribution in [0.1, 0.15) is 5.56 Å². The third-order valence-corrected chi connectivity index (χ3v) is 6.77. The smallest absolute Gasteiger partial charge is 0.243 e. The van der Waals surface area contributed by atoms with Gasteiger partial charge in [0.05, 0.1) is 17.7 Å². The Morgan fingerprint density at radius 2 is 1.77 bits per heavy atom. The van der Waals surface area contributed by atoms with Gasteiger partial charge in [0.1, 0.15) is 11.6 Å². The molecule has 0 aromatic heterocycles. The topological polar surface area (TPSA) is 49.9 Å². The molecule has 0 amide bonds. The number of halogens is 2. The number of sulfonamides is 1. The molecule has 0 bridgehead atoms. The van der Waals surface area contributed by atoms with Crippen molar-refractivity contribution >= 4 is 27.3 Å². The zero-order valence-corrected chi connectivity index (χ0v) is 16.1. The maximum absolute atomic E-state index is 13.3. The maximum Gasteiger partial charge on any atom is 0.243 e. The van der Waals surface area contributed by atoms with E-state index in [2.05, 4.69) is 0 Å². The van der Waals surface area contributed by atoms with Gasteiger partial charge in [0.25, 0.3) is 0 Å². The van der Waals surface area contributed by atoms with Crippen LogP contribution in [-0.4, -0.2) is 46.0 Å². The number of piperazine rings is 1. The molecular formula is C18H20ClFN2O3S. The molecular weight excluding hydrogens is 379 g/mol. The average Bonchev–Trinajstić information content (AvgIpc) is 2.61. The van der Waals surface area contributed by atoms with Crippen molar-refractivity contribution in [2.24, 2.45) is 0 Å². The summed E-state index contributed by atoms with van der Waals surface area (Å²) < 4.78 is 45.8. The highest BCUT2D eigenvalue weighted by molar-refractivity contribution is 7.89. The average molecular weight is 399 g/mol. The molecule has 0 unspecified atom stereocenters. The van der Waals surface area contributed by atoms with Crippen LogP contribution in [0.15, 0.2) is 41.3 Å². The molecule has 2 aromatic rings. The van der Waals surface area contributed by atoms with Gasteiger partial charge in [0, 0.05) is 31.2 Å². The van der Waals surface area contributed by atoms with Gasteiger partial charge in [-0.15, -0.1) is 0 Å². The minimum atomic E-state index is -3.66. The summed E-state index contributed by atoms with van der Waals surface area (Å²) >= 11 is 6.09. The molecule has 0 saturated carbocycles. The molecule has 0 radical (unpaired) electrons. The Labute approximate surface area is 158 Å². The highest BCUT2D eigenvalue weighted by atomic mass is 35.5. The van der Waals surface area contributed by atoms with E-state index in [4.69, 9.17) is 16.3 Å². The lowest BCUT2D eigenvalue weighted by Gasteiger charge is -2.36. The fraction of sp³-hybridized carbons (Fsp3) is 0.333. The van der Waals surface area contributed by atoms with E-state index in [1.807, 2.05) is 11.0 Å². The van der Waals surface area contributed by atoms with Gasteiger partial charge in [-0.25, -0.2) is 12.8 Å². The number of benzene rings is 2. The molecule has 1 saturated heterocycles. The third-order valence-electron chi connectivity index (χ3n) is 4.48. The summed E-state index contributed by atoms with van der Waals surface area (Å²) in [6, 6.07) is 9.10. The van der Waals surface area contributed by atoms with Crippen molar-refractivity contribution in [2.75, 3.05) is 38.2 Å². The molecule has 0 spiro atoms. The minimum Gasteiger partial charge on any atom is -0.495 e. The van der Waals surface area contributed by atoms with Crippen LogP contribution < -0.4 is 9.64 Å². The number of ether oxygens (including phenoxy) is 1. The van der Waals surface area contributed by atoms with E-state index >= 15 is 0 Å². The monoisotopic (exact) mass is 398 g/mol. The standard InChI is InChI=1S/C18H20ClFN2O3S/c1-13-11-15(20)4-6-18(13)26(23,24)22-9-7-21(8-10-22)16-12-14(19)3-5-17(16)25-2/h3-6,11-12H,7-10H2,1-2H3. The van der Waals surface area contributed by atoms with Crippen molar-refractivity contribution < 1.29 is 17.5 Å². The van der Waals surface area contributed by atoms with Gasteiger partial charge in [-0.2, -0.15) is 4.31 Å². The molecule has 0 atom stereocenters. The third kappa shape index (κ3) is 3.65. The molecule has 2 aromatic carbocycles. The van der Waals surface area contributed by atoms with Crippen LogP contribution in [0.3, 0.4) is 0 Å². The summed E-state index contributed by atoms with van der Waals surface area (Å²) in [4.78, 5) is 2.20. The zero-order chi connectivity index (χ0) is 18.9. The highest BCUT2D eigenvalue weighted by Crippen LogP contribution is 2.32. The van der Waals surface area contributed by atoms with E-state index in [0.717, 1.165) is 5.69 Å². The summed E-state index contributed by atoms with van der Waals surface area (Å²) in [6.07, 6.45) is 0. The van der Waals surface area contributed by atoms with Gasteiger partial charge in [-0.05, 0) is 48.9 Å². The normalized spacial score (nSPS) is 15.9. The van der Waals surface area contributed by atoms with Gasteiger partial charge in [-0.1, -0.05) is 11.6 Å². The Hall–Kier alpha value is -1.83. The molecule has 1 aliphatic rings. The van der Waals surface area contributed by atoms with E-state index in [1.54, 1.807) is 26.2 Å². The Morgan fingerprint density at radius 3 is 2.38 bits per heavy atom. The van der Waals surface area contributed by atoms with E-state index in [-0.39, 0.29) is 4.90 Å². The van der Waals surface area contributed by atoms with Crippen molar-refractivity contribution in [1.29, 1.82) is 0 Å². The van der Waals surface area contributed by atoms with Crippen molar-refractivity contribution in [3.63, 3.8) is 0 Å². The predicted octanol–water partition coefficient (Wildman–Crippen LogP) is 3.31. The first-order valence-electron chi connectivity index (χ1n) is 8.17. The number of aryl methyl sites for hydroxylation is 1. The number of hydrogen-bond acceptors (Lipinski definition) is 4.